The Morgan fingerprint density at radius 1 is 1.47 bits per heavy atom. The van der Waals surface area contributed by atoms with E-state index in [-0.39, 0.29) is 0 Å². The molecule has 1 heterocycles. The number of hydrogen-bond donors (Lipinski definition) is 2. The Balaban J connectivity index is 2.69. The number of aliphatic carboxylic acids is 1. The Hall–Kier alpha value is -1.72. The van der Waals surface area contributed by atoms with E-state index in [9.17, 15) is 14.4 Å². The van der Waals surface area contributed by atoms with Crippen LogP contribution in [0.3, 0.4) is 0 Å². The molecule has 1 rings (SSSR count). The Kier molecular flexibility index (Phi) is 6.18. The number of hydrogen-bond acceptors (Lipinski definition) is 5. The second-order valence-electron chi connectivity index (χ2n) is 4.55. The van der Waals surface area contributed by atoms with E-state index in [0.29, 0.717) is 38.8 Å². The van der Waals surface area contributed by atoms with Gasteiger partial charge in [-0.1, -0.05) is 0 Å². The molecular formula is C12H19N3O4. The van der Waals surface area contributed by atoms with Crippen LogP contribution in [-0.2, 0) is 14.4 Å². The third kappa shape index (κ3) is 4.15. The fourth-order valence-corrected chi connectivity index (χ4v) is 2.27. The van der Waals surface area contributed by atoms with Gasteiger partial charge in [0.15, 0.2) is 0 Å². The molecule has 0 saturated carbocycles. The molecule has 0 spiro atoms. The molecule has 0 bridgehead atoms. The van der Waals surface area contributed by atoms with Gasteiger partial charge in [0.05, 0.1) is 0 Å². The van der Waals surface area contributed by atoms with E-state index in [1.54, 1.807) is 0 Å². The normalized spacial score (nSPS) is 19.8. The summed E-state index contributed by atoms with van der Waals surface area (Å²) in [5.74, 6) is -1.41. The zero-order valence-corrected chi connectivity index (χ0v) is 10.7. The van der Waals surface area contributed by atoms with Crippen LogP contribution < -0.4 is 5.73 Å². The molecule has 7 heteroatoms. The van der Waals surface area contributed by atoms with E-state index >= 15 is 0 Å². The van der Waals surface area contributed by atoms with Gasteiger partial charge in [0.1, 0.15) is 12.1 Å². The van der Waals surface area contributed by atoms with Crippen LogP contribution in [0.25, 0.3) is 0 Å². The molecule has 7 nitrogen and oxygen atoms in total. The maximum absolute atomic E-state index is 12.2. The topological polar surface area (TPSA) is 113 Å². The van der Waals surface area contributed by atoms with Gasteiger partial charge in [0, 0.05) is 6.54 Å². The third-order valence-electron chi connectivity index (χ3n) is 3.25. The molecule has 0 aromatic heterocycles. The SMILES string of the molecule is NCCCC[C@H](N=C=O)C(=O)N1CCC[C@H]1C(=O)O. The van der Waals surface area contributed by atoms with E-state index in [1.807, 2.05) is 0 Å². The van der Waals surface area contributed by atoms with Crippen molar-refractivity contribution in [3.05, 3.63) is 0 Å². The molecule has 2 atom stereocenters. The molecule has 0 radical (unpaired) electrons. The Labute approximate surface area is 111 Å². The largest absolute Gasteiger partial charge is 0.480 e. The molecule has 0 unspecified atom stereocenters. The summed E-state index contributed by atoms with van der Waals surface area (Å²) in [4.78, 5) is 38.4. The zero-order valence-electron chi connectivity index (χ0n) is 10.7. The smallest absolute Gasteiger partial charge is 0.326 e. The summed E-state index contributed by atoms with van der Waals surface area (Å²) in [6, 6.07) is -1.63. The van der Waals surface area contributed by atoms with Gasteiger partial charge in [-0.05, 0) is 38.6 Å². The first-order valence-electron chi connectivity index (χ1n) is 6.42. The van der Waals surface area contributed by atoms with Crippen LogP contribution in [0.4, 0.5) is 0 Å². The summed E-state index contributed by atoms with van der Waals surface area (Å²) in [5.41, 5.74) is 5.37. The van der Waals surface area contributed by atoms with Crippen molar-refractivity contribution in [2.45, 2.75) is 44.2 Å². The standard InChI is InChI=1S/C12H19N3O4/c13-6-2-1-4-9(14-8-16)11(17)15-7-3-5-10(15)12(18)19/h9-10H,1-7,13H2,(H,18,19)/t9-,10-/m0/s1. The lowest BCUT2D eigenvalue weighted by molar-refractivity contribution is -0.148. The minimum atomic E-state index is -1.01. The minimum Gasteiger partial charge on any atom is -0.480 e. The fraction of sp³-hybridized carbons (Fsp3) is 0.750. The number of amides is 1. The van der Waals surface area contributed by atoms with E-state index in [4.69, 9.17) is 10.8 Å². The molecular weight excluding hydrogens is 250 g/mol. The van der Waals surface area contributed by atoms with Crippen molar-refractivity contribution < 1.29 is 19.5 Å². The van der Waals surface area contributed by atoms with Gasteiger partial charge in [-0.15, -0.1) is 0 Å². The second kappa shape index (κ2) is 7.66. The first-order chi connectivity index (χ1) is 9.11. The summed E-state index contributed by atoms with van der Waals surface area (Å²) in [6.45, 7) is 0.907. The van der Waals surface area contributed by atoms with Gasteiger partial charge >= 0.3 is 5.97 Å². The fourth-order valence-electron chi connectivity index (χ4n) is 2.27. The monoisotopic (exact) mass is 269 g/mol. The average molecular weight is 269 g/mol. The van der Waals surface area contributed by atoms with Gasteiger partial charge in [-0.25, -0.2) is 9.59 Å². The van der Waals surface area contributed by atoms with Crippen LogP contribution in [0.5, 0.6) is 0 Å². The van der Waals surface area contributed by atoms with E-state index in [1.165, 1.54) is 11.0 Å². The van der Waals surface area contributed by atoms with Gasteiger partial charge in [0.2, 0.25) is 12.0 Å². The van der Waals surface area contributed by atoms with Gasteiger partial charge < -0.3 is 15.7 Å². The summed E-state index contributed by atoms with van der Waals surface area (Å²) < 4.78 is 0. The highest BCUT2D eigenvalue weighted by Gasteiger charge is 2.36. The molecule has 1 amide bonds. The Morgan fingerprint density at radius 3 is 2.79 bits per heavy atom. The molecule has 1 aliphatic heterocycles. The highest BCUT2D eigenvalue weighted by atomic mass is 16.4. The predicted octanol–water partition coefficient (Wildman–Crippen LogP) is -0.105. The predicted molar refractivity (Wildman–Crippen MR) is 67.2 cm³/mol. The van der Waals surface area contributed by atoms with Gasteiger partial charge in [-0.2, -0.15) is 4.99 Å². The first kappa shape index (κ1) is 15.3. The van der Waals surface area contributed by atoms with Crippen molar-refractivity contribution in [3.8, 4) is 0 Å². The number of rotatable bonds is 7. The number of carbonyl (C=O) groups is 2. The lowest BCUT2D eigenvalue weighted by Gasteiger charge is -2.24. The Bertz CT molecular complexity index is 379. The number of unbranched alkanes of at least 4 members (excludes halogenated alkanes) is 1. The lowest BCUT2D eigenvalue weighted by atomic mass is 10.1. The van der Waals surface area contributed by atoms with Gasteiger partial charge in [0.25, 0.3) is 0 Å². The van der Waals surface area contributed by atoms with Crippen LogP contribution in [-0.4, -0.2) is 53.1 Å². The Morgan fingerprint density at radius 2 is 2.21 bits per heavy atom. The lowest BCUT2D eigenvalue weighted by Crippen LogP contribution is -2.45. The third-order valence-corrected chi connectivity index (χ3v) is 3.25. The first-order valence-corrected chi connectivity index (χ1v) is 6.42. The molecule has 3 N–H and O–H groups in total. The molecule has 0 aliphatic carbocycles. The van der Waals surface area contributed by atoms with Crippen molar-refractivity contribution in [2.75, 3.05) is 13.1 Å². The van der Waals surface area contributed by atoms with Crippen LogP contribution in [0.1, 0.15) is 32.1 Å². The number of aliphatic imine (C=N–C) groups is 1. The summed E-state index contributed by atoms with van der Waals surface area (Å²) >= 11 is 0. The van der Waals surface area contributed by atoms with Crippen molar-refractivity contribution in [2.24, 2.45) is 10.7 Å². The number of carboxylic acids is 1. The molecule has 0 aromatic carbocycles. The molecule has 1 aliphatic rings. The summed E-state index contributed by atoms with van der Waals surface area (Å²) in [6.07, 6.45) is 4.30. The van der Waals surface area contributed by atoms with Crippen LogP contribution in [0, 0.1) is 0 Å². The van der Waals surface area contributed by atoms with Crippen LogP contribution in [0.15, 0.2) is 4.99 Å². The summed E-state index contributed by atoms with van der Waals surface area (Å²) in [5, 5.41) is 9.04. The average Bonchev–Trinajstić information content (AvgIpc) is 2.86. The van der Waals surface area contributed by atoms with E-state index < -0.39 is 24.0 Å². The maximum Gasteiger partial charge on any atom is 0.326 e. The quantitative estimate of drug-likeness (QED) is 0.380. The van der Waals surface area contributed by atoms with Crippen molar-refractivity contribution >= 4 is 18.0 Å². The van der Waals surface area contributed by atoms with Crippen molar-refractivity contribution in [1.82, 2.24) is 4.90 Å². The molecule has 1 saturated heterocycles. The minimum absolute atomic E-state index is 0.397. The van der Waals surface area contributed by atoms with Crippen LogP contribution >= 0.6 is 0 Å². The van der Waals surface area contributed by atoms with Crippen LogP contribution in [0.2, 0.25) is 0 Å². The maximum atomic E-state index is 12.2. The highest BCUT2D eigenvalue weighted by Crippen LogP contribution is 2.20. The van der Waals surface area contributed by atoms with Crippen molar-refractivity contribution in [1.29, 1.82) is 0 Å². The molecule has 0 aromatic rings. The second-order valence-corrected chi connectivity index (χ2v) is 4.55. The summed E-state index contributed by atoms with van der Waals surface area (Å²) in [7, 11) is 0. The molecule has 1 fully saturated rings. The van der Waals surface area contributed by atoms with Gasteiger partial charge in [-0.3, -0.25) is 4.79 Å². The number of carbonyl (C=O) groups excluding carboxylic acids is 2. The van der Waals surface area contributed by atoms with E-state index in [0.717, 1.165) is 6.42 Å². The zero-order chi connectivity index (χ0) is 14.3. The molecule has 19 heavy (non-hydrogen) atoms. The van der Waals surface area contributed by atoms with E-state index in [2.05, 4.69) is 4.99 Å². The molecule has 106 valence electrons. The number of nitrogens with zero attached hydrogens (tertiary/aromatic N) is 2. The number of nitrogens with two attached hydrogens (primary N) is 1. The number of carboxylic acid groups (broad SMARTS) is 1. The van der Waals surface area contributed by atoms with Crippen molar-refractivity contribution in [3.63, 3.8) is 0 Å². The number of isocyanates is 1. The highest BCUT2D eigenvalue weighted by molar-refractivity contribution is 5.88. The number of likely N-dealkylation sites (tertiary alicyclic amines) is 1.